The molecule has 0 aliphatic carbocycles. The molecule has 1 saturated heterocycles. The Morgan fingerprint density at radius 1 is 1.27 bits per heavy atom. The first-order valence-electron chi connectivity index (χ1n) is 8.89. The van der Waals surface area contributed by atoms with E-state index >= 15 is 0 Å². The van der Waals surface area contributed by atoms with E-state index in [0.29, 0.717) is 19.4 Å². The van der Waals surface area contributed by atoms with Gasteiger partial charge in [0.25, 0.3) is 0 Å². The van der Waals surface area contributed by atoms with E-state index in [1.807, 2.05) is 0 Å². The number of carbonyl (C=O) groups excluding carboxylic acids is 1. The number of benzene rings is 1. The van der Waals surface area contributed by atoms with Gasteiger partial charge in [-0.2, -0.15) is 4.31 Å². The molecular formula is C18H24FN3O3S. The van der Waals surface area contributed by atoms with Crippen molar-refractivity contribution in [1.29, 1.82) is 0 Å². The van der Waals surface area contributed by atoms with Gasteiger partial charge in [0.1, 0.15) is 10.7 Å². The summed E-state index contributed by atoms with van der Waals surface area (Å²) in [7, 11) is -3.86. The maximum absolute atomic E-state index is 13.8. The predicted octanol–water partition coefficient (Wildman–Crippen LogP) is 1.26. The van der Waals surface area contributed by atoms with E-state index in [9.17, 15) is 17.6 Å². The molecule has 1 aromatic rings. The molecule has 6 nitrogen and oxygen atoms in total. The summed E-state index contributed by atoms with van der Waals surface area (Å²) in [6.07, 6.45) is 3.91. The van der Waals surface area contributed by atoms with Crippen molar-refractivity contribution in [3.63, 3.8) is 0 Å². The minimum absolute atomic E-state index is 0.0348. The second-order valence-electron chi connectivity index (χ2n) is 6.64. The van der Waals surface area contributed by atoms with Gasteiger partial charge in [-0.05, 0) is 37.9 Å². The largest absolute Gasteiger partial charge is 0.352 e. The zero-order chi connectivity index (χ0) is 18.6. The zero-order valence-electron chi connectivity index (χ0n) is 14.6. The van der Waals surface area contributed by atoms with Crippen molar-refractivity contribution in [3.05, 3.63) is 41.7 Å². The fraction of sp³-hybridized carbons (Fsp3) is 0.500. The van der Waals surface area contributed by atoms with E-state index in [0.717, 1.165) is 25.6 Å². The van der Waals surface area contributed by atoms with Crippen LogP contribution in [0.15, 0.2) is 40.8 Å². The summed E-state index contributed by atoms with van der Waals surface area (Å²) in [6.45, 7) is 2.75. The van der Waals surface area contributed by atoms with E-state index in [-0.39, 0.29) is 29.8 Å². The Kier molecular flexibility index (Phi) is 6.05. The molecule has 0 radical (unpaired) electrons. The number of nitrogens with zero attached hydrogens (tertiary/aromatic N) is 1. The lowest BCUT2D eigenvalue weighted by molar-refractivity contribution is -0.125. The maximum Gasteiger partial charge on any atom is 0.245 e. The SMILES string of the molecule is O=C(NCC1=CCNCC1)C1CCN(S(=O)(=O)c2ccccc2F)CC1. The van der Waals surface area contributed by atoms with Crippen molar-refractivity contribution < 1.29 is 17.6 Å². The minimum Gasteiger partial charge on any atom is -0.352 e. The number of halogens is 1. The highest BCUT2D eigenvalue weighted by Crippen LogP contribution is 2.25. The van der Waals surface area contributed by atoms with Crippen molar-refractivity contribution in [2.45, 2.75) is 24.2 Å². The molecule has 1 amide bonds. The molecule has 1 aromatic carbocycles. The van der Waals surface area contributed by atoms with Gasteiger partial charge in [0.15, 0.2) is 0 Å². The molecule has 0 atom stereocenters. The molecule has 142 valence electrons. The quantitative estimate of drug-likeness (QED) is 0.753. The van der Waals surface area contributed by atoms with E-state index in [1.54, 1.807) is 0 Å². The lowest BCUT2D eigenvalue weighted by atomic mass is 9.97. The highest BCUT2D eigenvalue weighted by Gasteiger charge is 2.33. The predicted molar refractivity (Wildman–Crippen MR) is 96.5 cm³/mol. The molecule has 2 heterocycles. The summed E-state index contributed by atoms with van der Waals surface area (Å²) in [5.74, 6) is -0.987. The summed E-state index contributed by atoms with van der Waals surface area (Å²) in [5, 5.41) is 6.18. The van der Waals surface area contributed by atoms with Crippen LogP contribution < -0.4 is 10.6 Å². The van der Waals surface area contributed by atoms with Crippen LogP contribution in [0.5, 0.6) is 0 Å². The summed E-state index contributed by atoms with van der Waals surface area (Å²) in [6, 6.07) is 5.38. The lowest BCUT2D eigenvalue weighted by Gasteiger charge is -2.30. The van der Waals surface area contributed by atoms with Crippen LogP contribution in [0, 0.1) is 11.7 Å². The zero-order valence-corrected chi connectivity index (χ0v) is 15.4. The number of nitrogens with one attached hydrogen (secondary N) is 2. The number of hydrogen-bond acceptors (Lipinski definition) is 4. The van der Waals surface area contributed by atoms with Gasteiger partial charge in [-0.3, -0.25) is 4.79 Å². The second kappa shape index (κ2) is 8.28. The molecule has 0 saturated carbocycles. The number of piperidine rings is 1. The van der Waals surface area contributed by atoms with E-state index in [4.69, 9.17) is 0 Å². The molecule has 3 rings (SSSR count). The van der Waals surface area contributed by atoms with Gasteiger partial charge in [0.05, 0.1) is 0 Å². The first-order valence-corrected chi connectivity index (χ1v) is 10.3. The molecule has 0 unspecified atom stereocenters. The van der Waals surface area contributed by atoms with Gasteiger partial charge in [0.2, 0.25) is 15.9 Å². The van der Waals surface area contributed by atoms with Crippen LogP contribution in [0.2, 0.25) is 0 Å². The molecular weight excluding hydrogens is 357 g/mol. The van der Waals surface area contributed by atoms with E-state index in [2.05, 4.69) is 16.7 Å². The molecule has 0 aromatic heterocycles. The van der Waals surface area contributed by atoms with Crippen LogP contribution in [0.3, 0.4) is 0 Å². The van der Waals surface area contributed by atoms with Crippen molar-refractivity contribution in [3.8, 4) is 0 Å². The number of sulfonamides is 1. The minimum atomic E-state index is -3.86. The van der Waals surface area contributed by atoms with Gasteiger partial charge in [-0.25, -0.2) is 12.8 Å². The Morgan fingerprint density at radius 3 is 2.65 bits per heavy atom. The number of carbonyl (C=O) groups is 1. The molecule has 0 spiro atoms. The van der Waals surface area contributed by atoms with Crippen LogP contribution in [-0.4, -0.2) is 51.4 Å². The van der Waals surface area contributed by atoms with Gasteiger partial charge < -0.3 is 10.6 Å². The topological polar surface area (TPSA) is 78.5 Å². The van der Waals surface area contributed by atoms with Crippen molar-refractivity contribution >= 4 is 15.9 Å². The highest BCUT2D eigenvalue weighted by atomic mass is 32.2. The van der Waals surface area contributed by atoms with Gasteiger partial charge >= 0.3 is 0 Å². The number of rotatable bonds is 5. The third kappa shape index (κ3) is 4.31. The molecule has 2 N–H and O–H groups in total. The molecule has 1 fully saturated rings. The Bertz CT molecular complexity index is 787. The fourth-order valence-electron chi connectivity index (χ4n) is 3.33. The van der Waals surface area contributed by atoms with Crippen LogP contribution in [0.25, 0.3) is 0 Å². The highest BCUT2D eigenvalue weighted by molar-refractivity contribution is 7.89. The van der Waals surface area contributed by atoms with Crippen molar-refractivity contribution in [2.75, 3.05) is 32.7 Å². The molecule has 8 heteroatoms. The Balaban J connectivity index is 1.54. The van der Waals surface area contributed by atoms with Crippen LogP contribution in [-0.2, 0) is 14.8 Å². The summed E-state index contributed by atoms with van der Waals surface area (Å²) in [5.41, 5.74) is 1.22. The van der Waals surface area contributed by atoms with Crippen molar-refractivity contribution in [1.82, 2.24) is 14.9 Å². The third-order valence-electron chi connectivity index (χ3n) is 4.93. The maximum atomic E-state index is 13.8. The Morgan fingerprint density at radius 2 is 2.00 bits per heavy atom. The van der Waals surface area contributed by atoms with Gasteiger partial charge in [-0.15, -0.1) is 0 Å². The monoisotopic (exact) mass is 381 g/mol. The van der Waals surface area contributed by atoms with Gasteiger partial charge in [0, 0.05) is 32.1 Å². The van der Waals surface area contributed by atoms with Crippen molar-refractivity contribution in [2.24, 2.45) is 5.92 Å². The number of amides is 1. The summed E-state index contributed by atoms with van der Waals surface area (Å²) in [4.78, 5) is 12.0. The van der Waals surface area contributed by atoms with Crippen LogP contribution in [0.1, 0.15) is 19.3 Å². The molecule has 2 aliphatic heterocycles. The average molecular weight is 381 g/mol. The first-order chi connectivity index (χ1) is 12.5. The molecule has 0 bridgehead atoms. The fourth-order valence-corrected chi connectivity index (χ4v) is 4.86. The molecule has 26 heavy (non-hydrogen) atoms. The van der Waals surface area contributed by atoms with Crippen LogP contribution >= 0.6 is 0 Å². The summed E-state index contributed by atoms with van der Waals surface area (Å²) >= 11 is 0. The average Bonchev–Trinajstić information content (AvgIpc) is 2.67. The first kappa shape index (κ1) is 19.0. The Labute approximate surface area is 153 Å². The lowest BCUT2D eigenvalue weighted by Crippen LogP contribution is -2.43. The Hall–Kier alpha value is -1.77. The second-order valence-corrected chi connectivity index (χ2v) is 8.55. The third-order valence-corrected chi connectivity index (χ3v) is 6.86. The summed E-state index contributed by atoms with van der Waals surface area (Å²) < 4.78 is 40.3. The smallest absolute Gasteiger partial charge is 0.245 e. The van der Waals surface area contributed by atoms with Crippen LogP contribution in [0.4, 0.5) is 4.39 Å². The van der Waals surface area contributed by atoms with E-state index in [1.165, 1.54) is 28.1 Å². The normalized spacial score (nSPS) is 19.8. The number of hydrogen-bond donors (Lipinski definition) is 2. The standard InChI is InChI=1S/C18H24FN3O3S/c19-16-3-1-2-4-17(16)26(24,25)22-11-7-15(8-12-22)18(23)21-13-14-5-9-20-10-6-14/h1-5,15,20H,6-13H2,(H,21,23). The van der Waals surface area contributed by atoms with E-state index < -0.39 is 15.8 Å². The van der Waals surface area contributed by atoms with Gasteiger partial charge in [-0.1, -0.05) is 23.8 Å². The molecule has 2 aliphatic rings.